The summed E-state index contributed by atoms with van der Waals surface area (Å²) in [5, 5.41) is 0. The zero-order chi connectivity index (χ0) is 15.3. The number of methoxy groups -OCH3 is 2. The molecule has 2 unspecified atom stereocenters. The van der Waals surface area contributed by atoms with Crippen LogP contribution in [0.3, 0.4) is 0 Å². The Morgan fingerprint density at radius 2 is 1.62 bits per heavy atom. The topological polar surface area (TPSA) is 18.5 Å². The second-order valence-corrected chi connectivity index (χ2v) is 5.63. The number of hydrogen-bond donors (Lipinski definition) is 0. The minimum absolute atomic E-state index is 0.356. The van der Waals surface area contributed by atoms with Crippen molar-refractivity contribution in [3.8, 4) is 0 Å². The highest BCUT2D eigenvalue weighted by Crippen LogP contribution is 2.30. The smallest absolute Gasteiger partial charge is 0.113 e. The Balaban J connectivity index is 2.33. The van der Waals surface area contributed by atoms with Crippen LogP contribution in [0.1, 0.15) is 36.5 Å². The summed E-state index contributed by atoms with van der Waals surface area (Å²) in [4.78, 5) is 0. The molecule has 0 fully saturated rings. The lowest BCUT2D eigenvalue weighted by Crippen LogP contribution is -2.30. The second kappa shape index (κ2) is 6.88. The van der Waals surface area contributed by atoms with Gasteiger partial charge in [0, 0.05) is 20.1 Å². The molecule has 21 heavy (non-hydrogen) atoms. The Morgan fingerprint density at radius 3 is 2.24 bits per heavy atom. The summed E-state index contributed by atoms with van der Waals surface area (Å²) < 4.78 is 11.0. The Kier molecular flexibility index (Phi) is 5.16. The van der Waals surface area contributed by atoms with E-state index in [2.05, 4.69) is 62.4 Å². The molecule has 2 aromatic rings. The maximum absolute atomic E-state index is 5.68. The molecule has 0 radical (unpaired) electrons. The monoisotopic (exact) mass is 284 g/mol. The number of ether oxygens (including phenoxy) is 2. The maximum atomic E-state index is 5.68. The molecule has 2 atom stereocenters. The zero-order valence-corrected chi connectivity index (χ0v) is 13.3. The third-order valence-corrected chi connectivity index (χ3v) is 4.17. The van der Waals surface area contributed by atoms with Crippen LogP contribution in [0.4, 0.5) is 0 Å². The largest absolute Gasteiger partial charge is 0.381 e. The molecular weight excluding hydrogens is 260 g/mol. The molecule has 0 aliphatic heterocycles. The summed E-state index contributed by atoms with van der Waals surface area (Å²) in [6, 6.07) is 19.1. The van der Waals surface area contributed by atoms with Crippen LogP contribution in [0.15, 0.2) is 54.6 Å². The first kappa shape index (κ1) is 15.7. The molecular formula is C19H24O2. The Labute approximate surface area is 127 Å². The normalized spacial score (nSPS) is 15.4. The summed E-state index contributed by atoms with van der Waals surface area (Å²) >= 11 is 0. The van der Waals surface area contributed by atoms with Gasteiger partial charge in [0.05, 0.1) is 6.61 Å². The standard InChI is InChI=1S/C19H24O2/c1-15(16-9-6-5-7-10-16)17-11-8-12-18(13-17)19(2,21-4)14-20-3/h5-13,15H,14H2,1-4H3. The molecule has 112 valence electrons. The highest BCUT2D eigenvalue weighted by Gasteiger charge is 2.26. The van der Waals surface area contributed by atoms with Crippen molar-refractivity contribution >= 4 is 0 Å². The van der Waals surface area contributed by atoms with Gasteiger partial charge in [-0.15, -0.1) is 0 Å². The lowest BCUT2D eigenvalue weighted by Gasteiger charge is -2.28. The third-order valence-electron chi connectivity index (χ3n) is 4.17. The second-order valence-electron chi connectivity index (χ2n) is 5.63. The van der Waals surface area contributed by atoms with Crippen molar-refractivity contribution in [3.05, 3.63) is 71.3 Å². The van der Waals surface area contributed by atoms with E-state index in [0.717, 1.165) is 5.56 Å². The highest BCUT2D eigenvalue weighted by molar-refractivity contribution is 5.36. The van der Waals surface area contributed by atoms with Crippen LogP contribution in [0.25, 0.3) is 0 Å². The van der Waals surface area contributed by atoms with E-state index in [4.69, 9.17) is 9.47 Å². The van der Waals surface area contributed by atoms with Crippen molar-refractivity contribution < 1.29 is 9.47 Å². The van der Waals surface area contributed by atoms with Gasteiger partial charge in [-0.05, 0) is 23.6 Å². The van der Waals surface area contributed by atoms with E-state index in [9.17, 15) is 0 Å². The Hall–Kier alpha value is -1.64. The van der Waals surface area contributed by atoms with Crippen molar-refractivity contribution in [2.75, 3.05) is 20.8 Å². The molecule has 2 aromatic carbocycles. The van der Waals surface area contributed by atoms with Crippen molar-refractivity contribution in [2.24, 2.45) is 0 Å². The van der Waals surface area contributed by atoms with Gasteiger partial charge in [0.2, 0.25) is 0 Å². The number of rotatable bonds is 6. The van der Waals surface area contributed by atoms with Gasteiger partial charge in [-0.25, -0.2) is 0 Å². The Bertz CT molecular complexity index is 565. The SMILES string of the molecule is COCC(C)(OC)c1cccc(C(C)c2ccccc2)c1. The van der Waals surface area contributed by atoms with Crippen LogP contribution >= 0.6 is 0 Å². The molecule has 0 spiro atoms. The van der Waals surface area contributed by atoms with Crippen LogP contribution in [-0.4, -0.2) is 20.8 Å². The van der Waals surface area contributed by atoms with E-state index in [1.165, 1.54) is 11.1 Å². The van der Waals surface area contributed by atoms with Crippen molar-refractivity contribution in [2.45, 2.75) is 25.4 Å². The van der Waals surface area contributed by atoms with Crippen LogP contribution in [-0.2, 0) is 15.1 Å². The van der Waals surface area contributed by atoms with E-state index < -0.39 is 5.60 Å². The first-order valence-corrected chi connectivity index (χ1v) is 7.30. The van der Waals surface area contributed by atoms with E-state index >= 15 is 0 Å². The van der Waals surface area contributed by atoms with Crippen LogP contribution in [0.2, 0.25) is 0 Å². The van der Waals surface area contributed by atoms with Crippen molar-refractivity contribution in [1.29, 1.82) is 0 Å². The first-order chi connectivity index (χ1) is 10.1. The molecule has 0 heterocycles. The van der Waals surface area contributed by atoms with Gasteiger partial charge in [0.15, 0.2) is 0 Å². The fourth-order valence-corrected chi connectivity index (χ4v) is 2.61. The van der Waals surface area contributed by atoms with Crippen molar-refractivity contribution in [3.63, 3.8) is 0 Å². The van der Waals surface area contributed by atoms with Gasteiger partial charge in [-0.2, -0.15) is 0 Å². The molecule has 0 aliphatic carbocycles. The van der Waals surface area contributed by atoms with Crippen LogP contribution in [0, 0.1) is 0 Å². The molecule has 0 saturated heterocycles. The summed E-state index contributed by atoms with van der Waals surface area (Å²) in [6.45, 7) is 4.82. The molecule has 0 saturated carbocycles. The van der Waals surface area contributed by atoms with E-state index in [-0.39, 0.29) is 0 Å². The summed E-state index contributed by atoms with van der Waals surface area (Å²) in [5.74, 6) is 0.356. The lowest BCUT2D eigenvalue weighted by molar-refractivity contribution is -0.0555. The summed E-state index contributed by atoms with van der Waals surface area (Å²) in [5.41, 5.74) is 3.34. The van der Waals surface area contributed by atoms with E-state index in [1.807, 2.05) is 6.07 Å². The maximum Gasteiger partial charge on any atom is 0.113 e. The van der Waals surface area contributed by atoms with Crippen molar-refractivity contribution in [1.82, 2.24) is 0 Å². The fraction of sp³-hybridized carbons (Fsp3) is 0.368. The average molecular weight is 284 g/mol. The first-order valence-electron chi connectivity index (χ1n) is 7.30. The predicted octanol–water partition coefficient (Wildman–Crippen LogP) is 4.35. The van der Waals surface area contributed by atoms with Gasteiger partial charge < -0.3 is 9.47 Å². The predicted molar refractivity (Wildman–Crippen MR) is 86.6 cm³/mol. The molecule has 0 aliphatic rings. The van der Waals surface area contributed by atoms with Crippen LogP contribution in [0.5, 0.6) is 0 Å². The quantitative estimate of drug-likeness (QED) is 0.785. The minimum Gasteiger partial charge on any atom is -0.381 e. The highest BCUT2D eigenvalue weighted by atomic mass is 16.5. The van der Waals surface area contributed by atoms with Gasteiger partial charge in [0.25, 0.3) is 0 Å². The Morgan fingerprint density at radius 1 is 0.952 bits per heavy atom. The van der Waals surface area contributed by atoms with Gasteiger partial charge in [0.1, 0.15) is 5.60 Å². The third kappa shape index (κ3) is 3.52. The molecule has 0 aromatic heterocycles. The molecule has 2 nitrogen and oxygen atoms in total. The molecule has 0 bridgehead atoms. The lowest BCUT2D eigenvalue weighted by atomic mass is 9.88. The molecule has 2 rings (SSSR count). The van der Waals surface area contributed by atoms with Gasteiger partial charge in [-0.3, -0.25) is 0 Å². The average Bonchev–Trinajstić information content (AvgIpc) is 2.55. The minimum atomic E-state index is -0.416. The van der Waals surface area contributed by atoms with Gasteiger partial charge >= 0.3 is 0 Å². The zero-order valence-electron chi connectivity index (χ0n) is 13.3. The van der Waals surface area contributed by atoms with Crippen LogP contribution < -0.4 is 0 Å². The summed E-state index contributed by atoms with van der Waals surface area (Å²) in [6.07, 6.45) is 0. The number of benzene rings is 2. The molecule has 0 N–H and O–H groups in total. The van der Waals surface area contributed by atoms with Gasteiger partial charge in [-0.1, -0.05) is 61.5 Å². The van der Waals surface area contributed by atoms with E-state index in [1.54, 1.807) is 14.2 Å². The molecule has 2 heteroatoms. The fourth-order valence-electron chi connectivity index (χ4n) is 2.61. The number of hydrogen-bond acceptors (Lipinski definition) is 2. The molecule has 0 amide bonds. The summed E-state index contributed by atoms with van der Waals surface area (Å²) in [7, 11) is 3.43. The van der Waals surface area contributed by atoms with E-state index in [0.29, 0.717) is 12.5 Å².